The molecule has 120 valence electrons. The van der Waals surface area contributed by atoms with Gasteiger partial charge in [0.1, 0.15) is 7.11 Å². The Labute approximate surface area is 119 Å². The molecular formula is C12H8F6N2O2. The van der Waals surface area contributed by atoms with Crippen molar-refractivity contribution in [2.75, 3.05) is 19.1 Å². The average molecular weight is 326 g/mol. The van der Waals surface area contributed by atoms with Crippen LogP contribution in [-0.4, -0.2) is 25.8 Å². The number of oxime groups is 1. The molecule has 22 heavy (non-hydrogen) atoms. The molecule has 1 aromatic carbocycles. The highest BCUT2D eigenvalue weighted by atomic mass is 19.4. The number of rotatable bonds is 1. The quantitative estimate of drug-likeness (QED) is 0.588. The summed E-state index contributed by atoms with van der Waals surface area (Å²) in [6.45, 7) is 0. The highest BCUT2D eigenvalue weighted by Crippen LogP contribution is 2.44. The molecule has 1 aliphatic heterocycles. The Bertz CT molecular complexity index is 663. The summed E-state index contributed by atoms with van der Waals surface area (Å²) in [5.41, 5.74) is -5.04. The number of carbonyl (C=O) groups is 1. The summed E-state index contributed by atoms with van der Waals surface area (Å²) >= 11 is 0. The first-order valence-corrected chi connectivity index (χ1v) is 5.70. The molecule has 0 saturated heterocycles. The number of carbonyl (C=O) groups excluding carboxylic acids is 1. The Balaban J connectivity index is 2.85. The number of amides is 1. The molecular weight excluding hydrogens is 318 g/mol. The third-order valence-electron chi connectivity index (χ3n) is 3.04. The number of likely N-dealkylation sites (N-methyl/N-ethyl adjacent to an activating group) is 1. The van der Waals surface area contributed by atoms with E-state index in [9.17, 15) is 31.1 Å². The van der Waals surface area contributed by atoms with Gasteiger partial charge >= 0.3 is 12.4 Å². The van der Waals surface area contributed by atoms with Crippen molar-refractivity contribution in [3.63, 3.8) is 0 Å². The van der Waals surface area contributed by atoms with Gasteiger partial charge in [0, 0.05) is 12.6 Å². The van der Waals surface area contributed by atoms with Gasteiger partial charge in [-0.1, -0.05) is 5.16 Å². The third kappa shape index (κ3) is 2.48. The van der Waals surface area contributed by atoms with Gasteiger partial charge in [-0.25, -0.2) is 0 Å². The van der Waals surface area contributed by atoms with E-state index < -0.39 is 46.3 Å². The summed E-state index contributed by atoms with van der Waals surface area (Å²) in [5.74, 6) is -0.985. The van der Waals surface area contributed by atoms with Crippen LogP contribution in [0, 0.1) is 0 Å². The zero-order chi connectivity index (χ0) is 16.9. The van der Waals surface area contributed by atoms with Crippen LogP contribution in [0.1, 0.15) is 16.7 Å². The number of fused-ring (bicyclic) bond motifs is 1. The van der Waals surface area contributed by atoms with Crippen LogP contribution in [0.5, 0.6) is 0 Å². The number of nitrogens with zero attached hydrogens (tertiary/aromatic N) is 2. The first-order valence-electron chi connectivity index (χ1n) is 5.70. The summed E-state index contributed by atoms with van der Waals surface area (Å²) < 4.78 is 77.6. The minimum atomic E-state index is -5.09. The molecule has 0 radical (unpaired) electrons. The molecule has 2 rings (SSSR count). The highest BCUT2D eigenvalue weighted by Gasteiger charge is 2.45. The molecule has 4 nitrogen and oxygen atoms in total. The monoisotopic (exact) mass is 326 g/mol. The fourth-order valence-corrected chi connectivity index (χ4v) is 2.08. The van der Waals surface area contributed by atoms with E-state index >= 15 is 0 Å². The lowest BCUT2D eigenvalue weighted by molar-refractivity contribution is -0.143. The fraction of sp³-hybridized carbons (Fsp3) is 0.333. The van der Waals surface area contributed by atoms with E-state index in [1.165, 1.54) is 0 Å². The normalized spacial score (nSPS) is 17.2. The molecule has 0 saturated carbocycles. The van der Waals surface area contributed by atoms with E-state index in [-0.39, 0.29) is 6.07 Å². The summed E-state index contributed by atoms with van der Waals surface area (Å²) in [4.78, 5) is 16.8. The minimum Gasteiger partial charge on any atom is -0.398 e. The molecule has 1 aromatic rings. The van der Waals surface area contributed by atoms with Crippen molar-refractivity contribution < 1.29 is 36.0 Å². The molecule has 0 aromatic heterocycles. The zero-order valence-corrected chi connectivity index (χ0v) is 11.1. The van der Waals surface area contributed by atoms with Gasteiger partial charge in [-0.05, 0) is 12.1 Å². The van der Waals surface area contributed by atoms with Crippen molar-refractivity contribution in [1.29, 1.82) is 0 Å². The van der Waals surface area contributed by atoms with E-state index in [0.29, 0.717) is 11.0 Å². The van der Waals surface area contributed by atoms with E-state index in [1.807, 2.05) is 0 Å². The van der Waals surface area contributed by atoms with Crippen LogP contribution in [0.4, 0.5) is 32.0 Å². The Hall–Kier alpha value is -2.26. The lowest BCUT2D eigenvalue weighted by Gasteiger charge is -2.17. The second-order valence-electron chi connectivity index (χ2n) is 4.40. The summed E-state index contributed by atoms with van der Waals surface area (Å²) in [6, 6.07) is 0.428. The van der Waals surface area contributed by atoms with Gasteiger partial charge in [0.25, 0.3) is 5.91 Å². The van der Waals surface area contributed by atoms with Crippen molar-refractivity contribution >= 4 is 17.3 Å². The highest BCUT2D eigenvalue weighted by molar-refractivity contribution is 6.54. The molecule has 0 N–H and O–H groups in total. The lowest BCUT2D eigenvalue weighted by atomic mass is 9.99. The fourth-order valence-electron chi connectivity index (χ4n) is 2.08. The summed E-state index contributed by atoms with van der Waals surface area (Å²) in [7, 11) is 2.06. The Morgan fingerprint density at radius 2 is 1.68 bits per heavy atom. The molecule has 0 unspecified atom stereocenters. The van der Waals surface area contributed by atoms with Crippen molar-refractivity contribution in [3.8, 4) is 0 Å². The van der Waals surface area contributed by atoms with Crippen LogP contribution in [0.25, 0.3) is 0 Å². The molecule has 0 aliphatic carbocycles. The Morgan fingerprint density at radius 1 is 1.09 bits per heavy atom. The number of hydrogen-bond donors (Lipinski definition) is 0. The van der Waals surface area contributed by atoms with Crippen LogP contribution < -0.4 is 4.90 Å². The van der Waals surface area contributed by atoms with Gasteiger partial charge < -0.3 is 9.74 Å². The van der Waals surface area contributed by atoms with Crippen molar-refractivity contribution in [1.82, 2.24) is 0 Å². The average Bonchev–Trinajstić information content (AvgIpc) is 2.61. The maximum absolute atomic E-state index is 13.1. The molecule has 0 atom stereocenters. The van der Waals surface area contributed by atoms with Gasteiger partial charge in [0.05, 0.1) is 16.8 Å². The van der Waals surface area contributed by atoms with Gasteiger partial charge in [0.15, 0.2) is 5.71 Å². The van der Waals surface area contributed by atoms with Gasteiger partial charge in [0.2, 0.25) is 0 Å². The predicted molar refractivity (Wildman–Crippen MR) is 63.4 cm³/mol. The maximum atomic E-state index is 13.1. The topological polar surface area (TPSA) is 41.9 Å². The standard InChI is InChI=1S/C12H8F6N2O2/c1-20-7-4-5(11(13,14)15)3-6(12(16,17)18)8(7)9(10(20)21)19-22-2/h3-4H,1-2H3/b19-9-. The molecule has 10 heteroatoms. The molecule has 0 fully saturated rings. The van der Waals surface area contributed by atoms with Gasteiger partial charge in [-0.2, -0.15) is 26.3 Å². The number of anilines is 1. The molecule has 1 aliphatic rings. The SMILES string of the molecule is CO/N=C1\C(=O)N(C)c2cc(C(F)(F)F)cc(C(F)(F)F)c21. The second kappa shape index (κ2) is 4.89. The number of benzene rings is 1. The maximum Gasteiger partial charge on any atom is 0.417 e. The molecule has 0 spiro atoms. The van der Waals surface area contributed by atoms with Crippen molar-refractivity contribution in [2.45, 2.75) is 12.4 Å². The van der Waals surface area contributed by atoms with Gasteiger partial charge in [-0.15, -0.1) is 0 Å². The number of halogens is 6. The van der Waals surface area contributed by atoms with Crippen LogP contribution in [0.2, 0.25) is 0 Å². The minimum absolute atomic E-state index is 0.0452. The number of alkyl halides is 6. The van der Waals surface area contributed by atoms with Crippen molar-refractivity contribution in [2.24, 2.45) is 5.16 Å². The largest absolute Gasteiger partial charge is 0.417 e. The van der Waals surface area contributed by atoms with E-state index in [0.717, 1.165) is 14.2 Å². The van der Waals surface area contributed by atoms with E-state index in [4.69, 9.17) is 0 Å². The zero-order valence-electron chi connectivity index (χ0n) is 11.1. The van der Waals surface area contributed by atoms with Gasteiger partial charge in [-0.3, -0.25) is 4.79 Å². The van der Waals surface area contributed by atoms with Crippen LogP contribution in [0.3, 0.4) is 0 Å². The predicted octanol–water partition coefficient (Wildman–Crippen LogP) is 3.05. The van der Waals surface area contributed by atoms with Crippen molar-refractivity contribution in [3.05, 3.63) is 28.8 Å². The second-order valence-corrected chi connectivity index (χ2v) is 4.40. The third-order valence-corrected chi connectivity index (χ3v) is 3.04. The Kier molecular flexibility index (Phi) is 3.58. The van der Waals surface area contributed by atoms with Crippen LogP contribution >= 0.6 is 0 Å². The Morgan fingerprint density at radius 3 is 2.14 bits per heavy atom. The van der Waals surface area contributed by atoms with E-state index in [2.05, 4.69) is 9.99 Å². The van der Waals surface area contributed by atoms with Crippen LogP contribution in [-0.2, 0) is 22.0 Å². The number of hydrogen-bond acceptors (Lipinski definition) is 3. The molecule has 1 heterocycles. The first kappa shape index (κ1) is 16.1. The van der Waals surface area contributed by atoms with E-state index in [1.54, 1.807) is 0 Å². The molecule has 1 amide bonds. The first-order chi connectivity index (χ1) is 9.98. The lowest BCUT2D eigenvalue weighted by Crippen LogP contribution is -2.26. The van der Waals surface area contributed by atoms with Crippen LogP contribution in [0.15, 0.2) is 17.3 Å². The summed E-state index contributed by atoms with van der Waals surface area (Å²) in [5, 5.41) is 3.21. The smallest absolute Gasteiger partial charge is 0.398 e. The molecule has 0 bridgehead atoms. The summed E-state index contributed by atoms with van der Waals surface area (Å²) in [6.07, 6.45) is -10.1.